The standard InChI is InChI=1S/C12H9ClFN5S2/c1-19-11(7-4-2-3-5-8(7)14)16-17-12(19)20-6-9-10(13)21-18-15-9/h2-5H,6H2,1H3. The first kappa shape index (κ1) is 14.4. The van der Waals surface area contributed by atoms with Gasteiger partial charge in [0.25, 0.3) is 0 Å². The zero-order chi connectivity index (χ0) is 14.8. The highest BCUT2D eigenvalue weighted by atomic mass is 35.5. The lowest BCUT2D eigenvalue weighted by molar-refractivity contribution is 0.628. The van der Waals surface area contributed by atoms with E-state index in [1.165, 1.54) is 17.8 Å². The van der Waals surface area contributed by atoms with E-state index in [1.54, 1.807) is 29.8 Å². The Hall–Kier alpha value is -1.51. The monoisotopic (exact) mass is 341 g/mol. The highest BCUT2D eigenvalue weighted by Gasteiger charge is 2.15. The highest BCUT2D eigenvalue weighted by Crippen LogP contribution is 2.28. The molecule has 0 aliphatic heterocycles. The molecular formula is C12H9ClFN5S2. The molecule has 3 rings (SSSR count). The molecule has 0 aliphatic rings. The van der Waals surface area contributed by atoms with Gasteiger partial charge in [-0.25, -0.2) is 4.39 Å². The Morgan fingerprint density at radius 3 is 2.81 bits per heavy atom. The maximum absolute atomic E-state index is 13.8. The summed E-state index contributed by atoms with van der Waals surface area (Å²) in [5.41, 5.74) is 1.13. The van der Waals surface area contributed by atoms with Crippen LogP contribution in [0.15, 0.2) is 29.4 Å². The second-order valence-electron chi connectivity index (χ2n) is 4.13. The number of nitrogens with zero attached hydrogens (tertiary/aromatic N) is 5. The highest BCUT2D eigenvalue weighted by molar-refractivity contribution is 7.98. The van der Waals surface area contributed by atoms with Crippen molar-refractivity contribution in [2.75, 3.05) is 0 Å². The molecule has 0 bridgehead atoms. The van der Waals surface area contributed by atoms with Crippen molar-refractivity contribution >= 4 is 34.9 Å². The van der Waals surface area contributed by atoms with E-state index in [-0.39, 0.29) is 5.82 Å². The Labute approximate surface area is 133 Å². The van der Waals surface area contributed by atoms with Gasteiger partial charge in [0.05, 0.1) is 5.56 Å². The third-order valence-electron chi connectivity index (χ3n) is 2.80. The molecule has 0 radical (unpaired) electrons. The summed E-state index contributed by atoms with van der Waals surface area (Å²) in [6.45, 7) is 0. The molecular weight excluding hydrogens is 333 g/mol. The fraction of sp³-hybridized carbons (Fsp3) is 0.167. The molecule has 0 aliphatic carbocycles. The number of hydrogen-bond acceptors (Lipinski definition) is 6. The maximum atomic E-state index is 13.8. The molecule has 9 heteroatoms. The number of aromatic nitrogens is 5. The second-order valence-corrected chi connectivity index (χ2v) is 6.43. The minimum Gasteiger partial charge on any atom is -0.305 e. The molecule has 0 amide bonds. The third kappa shape index (κ3) is 2.92. The fourth-order valence-corrected chi connectivity index (χ4v) is 3.38. The van der Waals surface area contributed by atoms with Crippen LogP contribution in [-0.4, -0.2) is 24.4 Å². The van der Waals surface area contributed by atoms with Crippen molar-refractivity contribution in [3.63, 3.8) is 0 Å². The summed E-state index contributed by atoms with van der Waals surface area (Å²) in [7, 11) is 1.80. The first-order chi connectivity index (χ1) is 10.2. The average molecular weight is 342 g/mol. The summed E-state index contributed by atoms with van der Waals surface area (Å²) in [6, 6.07) is 6.48. The summed E-state index contributed by atoms with van der Waals surface area (Å²) in [6.07, 6.45) is 0. The fourth-order valence-electron chi connectivity index (χ4n) is 1.73. The molecule has 5 nitrogen and oxygen atoms in total. The van der Waals surface area contributed by atoms with Crippen LogP contribution in [0.1, 0.15) is 5.69 Å². The SMILES string of the molecule is Cn1c(SCc2nnsc2Cl)nnc1-c1ccccc1F. The average Bonchev–Trinajstić information content (AvgIpc) is 3.04. The van der Waals surface area contributed by atoms with Gasteiger partial charge in [0.15, 0.2) is 11.0 Å². The lowest BCUT2D eigenvalue weighted by atomic mass is 10.2. The van der Waals surface area contributed by atoms with Crippen molar-refractivity contribution in [3.8, 4) is 11.4 Å². The summed E-state index contributed by atoms with van der Waals surface area (Å²) in [5, 5.41) is 12.7. The maximum Gasteiger partial charge on any atom is 0.191 e. The Morgan fingerprint density at radius 1 is 1.29 bits per heavy atom. The minimum atomic E-state index is -0.323. The molecule has 3 aromatic rings. The van der Waals surface area contributed by atoms with Gasteiger partial charge in [0.1, 0.15) is 15.8 Å². The van der Waals surface area contributed by atoms with Crippen LogP contribution >= 0.6 is 34.9 Å². The number of halogens is 2. The Morgan fingerprint density at radius 2 is 2.10 bits per heavy atom. The van der Waals surface area contributed by atoms with Gasteiger partial charge in [-0.05, 0) is 12.1 Å². The van der Waals surface area contributed by atoms with Gasteiger partial charge in [0.2, 0.25) is 0 Å². The quantitative estimate of drug-likeness (QED) is 0.680. The van der Waals surface area contributed by atoms with E-state index in [2.05, 4.69) is 19.8 Å². The topological polar surface area (TPSA) is 56.5 Å². The van der Waals surface area contributed by atoms with Crippen LogP contribution in [-0.2, 0) is 12.8 Å². The van der Waals surface area contributed by atoms with E-state index in [9.17, 15) is 4.39 Å². The largest absolute Gasteiger partial charge is 0.305 e. The summed E-state index contributed by atoms with van der Waals surface area (Å²) >= 11 is 8.53. The van der Waals surface area contributed by atoms with Crippen molar-refractivity contribution in [1.29, 1.82) is 0 Å². The molecule has 2 heterocycles. The van der Waals surface area contributed by atoms with Crippen molar-refractivity contribution in [3.05, 3.63) is 40.1 Å². The number of rotatable bonds is 4. The van der Waals surface area contributed by atoms with Crippen LogP contribution < -0.4 is 0 Å². The first-order valence-electron chi connectivity index (χ1n) is 5.90. The van der Waals surface area contributed by atoms with Crippen LogP contribution in [0.5, 0.6) is 0 Å². The number of hydrogen-bond donors (Lipinski definition) is 0. The molecule has 0 fully saturated rings. The second kappa shape index (κ2) is 6.08. The molecule has 0 N–H and O–H groups in total. The van der Waals surface area contributed by atoms with E-state index >= 15 is 0 Å². The molecule has 0 saturated carbocycles. The number of thioether (sulfide) groups is 1. The van der Waals surface area contributed by atoms with Crippen LogP contribution in [0.3, 0.4) is 0 Å². The van der Waals surface area contributed by atoms with Crippen molar-refractivity contribution in [1.82, 2.24) is 24.4 Å². The van der Waals surface area contributed by atoms with Crippen LogP contribution in [0, 0.1) is 5.82 Å². The van der Waals surface area contributed by atoms with Gasteiger partial charge in [-0.2, -0.15) is 0 Å². The lowest BCUT2D eigenvalue weighted by Gasteiger charge is -2.04. The van der Waals surface area contributed by atoms with Crippen LogP contribution in [0.4, 0.5) is 4.39 Å². The van der Waals surface area contributed by atoms with Crippen molar-refractivity contribution in [2.24, 2.45) is 7.05 Å². The van der Waals surface area contributed by atoms with E-state index in [1.807, 2.05) is 0 Å². The van der Waals surface area contributed by atoms with Gasteiger partial charge in [-0.15, -0.1) is 15.3 Å². The number of benzene rings is 1. The summed E-state index contributed by atoms with van der Waals surface area (Å²) in [4.78, 5) is 0. The van der Waals surface area contributed by atoms with Crippen LogP contribution in [0.2, 0.25) is 4.34 Å². The van der Waals surface area contributed by atoms with Crippen LogP contribution in [0.25, 0.3) is 11.4 Å². The van der Waals surface area contributed by atoms with Gasteiger partial charge in [-0.1, -0.05) is 40.0 Å². The lowest BCUT2D eigenvalue weighted by Crippen LogP contribution is -1.97. The van der Waals surface area contributed by atoms with Gasteiger partial charge < -0.3 is 4.57 Å². The zero-order valence-electron chi connectivity index (χ0n) is 10.8. The molecule has 108 valence electrons. The van der Waals surface area contributed by atoms with Gasteiger partial charge in [0, 0.05) is 24.3 Å². The molecule has 21 heavy (non-hydrogen) atoms. The van der Waals surface area contributed by atoms with Crippen molar-refractivity contribution < 1.29 is 4.39 Å². The smallest absolute Gasteiger partial charge is 0.191 e. The molecule has 0 spiro atoms. The molecule has 2 aromatic heterocycles. The van der Waals surface area contributed by atoms with E-state index < -0.39 is 0 Å². The molecule has 0 atom stereocenters. The normalized spacial score (nSPS) is 11.0. The van der Waals surface area contributed by atoms with Crippen molar-refractivity contribution in [2.45, 2.75) is 10.9 Å². The third-order valence-corrected chi connectivity index (χ3v) is 4.81. The molecule has 1 aromatic carbocycles. The minimum absolute atomic E-state index is 0.323. The summed E-state index contributed by atoms with van der Waals surface area (Å²) in [5.74, 6) is 0.702. The van der Waals surface area contributed by atoms with E-state index in [0.29, 0.717) is 32.3 Å². The predicted molar refractivity (Wildman–Crippen MR) is 80.9 cm³/mol. The van der Waals surface area contributed by atoms with E-state index in [4.69, 9.17) is 11.6 Å². The first-order valence-corrected chi connectivity index (χ1v) is 8.04. The Kier molecular flexibility index (Phi) is 4.18. The Bertz CT molecular complexity index is 773. The summed E-state index contributed by atoms with van der Waals surface area (Å²) < 4.78 is 19.9. The van der Waals surface area contributed by atoms with E-state index in [0.717, 1.165) is 11.5 Å². The zero-order valence-corrected chi connectivity index (χ0v) is 13.2. The predicted octanol–water partition coefficient (Wildman–Crippen LogP) is 3.42. The Balaban J connectivity index is 1.83. The van der Waals surface area contributed by atoms with Gasteiger partial charge in [-0.3, -0.25) is 0 Å². The molecule has 0 saturated heterocycles. The molecule has 0 unspecified atom stereocenters. The van der Waals surface area contributed by atoms with Gasteiger partial charge >= 0.3 is 0 Å².